The van der Waals surface area contributed by atoms with Crippen molar-refractivity contribution in [3.8, 4) is 0 Å². The molecule has 4 rings (SSSR count). The number of imidazole rings is 1. The first-order valence-electron chi connectivity index (χ1n) is 9.06. The molecule has 27 heavy (non-hydrogen) atoms. The fourth-order valence-electron chi connectivity index (χ4n) is 3.46. The Morgan fingerprint density at radius 2 is 2.22 bits per heavy atom. The van der Waals surface area contributed by atoms with Gasteiger partial charge >= 0.3 is 0 Å². The molecule has 0 saturated heterocycles. The van der Waals surface area contributed by atoms with Crippen LogP contribution in [0.25, 0.3) is 0 Å². The smallest absolute Gasteiger partial charge is 0.271 e. The normalized spacial score (nSPS) is 17.1. The lowest BCUT2D eigenvalue weighted by atomic mass is 10.1. The number of fused-ring (bicyclic) bond motifs is 1. The van der Waals surface area contributed by atoms with E-state index in [1.807, 2.05) is 26.1 Å². The molecule has 1 unspecified atom stereocenters. The van der Waals surface area contributed by atoms with Gasteiger partial charge in [0.15, 0.2) is 0 Å². The van der Waals surface area contributed by atoms with Gasteiger partial charge in [-0.15, -0.1) is 0 Å². The number of aromatic nitrogens is 3. The zero-order valence-corrected chi connectivity index (χ0v) is 15.7. The summed E-state index contributed by atoms with van der Waals surface area (Å²) in [5.41, 5.74) is 2.48. The Labute approximate surface area is 157 Å². The first kappa shape index (κ1) is 17.5. The lowest BCUT2D eigenvalue weighted by molar-refractivity contribution is 0.0943. The topological polar surface area (TPSA) is 89.3 Å². The molecule has 3 aromatic heterocycles. The van der Waals surface area contributed by atoms with Crippen LogP contribution in [0.5, 0.6) is 0 Å². The highest BCUT2D eigenvalue weighted by atomic mass is 16.5. The Kier molecular flexibility index (Phi) is 4.57. The van der Waals surface area contributed by atoms with Gasteiger partial charge in [-0.25, -0.2) is 4.98 Å². The molecule has 0 bridgehead atoms. The van der Waals surface area contributed by atoms with E-state index in [-0.39, 0.29) is 11.9 Å². The Hall–Kier alpha value is -2.87. The van der Waals surface area contributed by atoms with Gasteiger partial charge in [0.05, 0.1) is 24.5 Å². The minimum atomic E-state index is -0.197. The Morgan fingerprint density at radius 1 is 1.37 bits per heavy atom. The maximum absolute atomic E-state index is 12.4. The standard InChI is InChI=1S/C19H23N5O3/c1-12-16(14(3)27-22-12)10-23-6-7-24-11-17(21-18(24)13(23)2)19(25)20-9-15-5-4-8-26-15/h4-5,8,11,13H,6-7,9-10H2,1-3H3,(H,20,25). The maximum Gasteiger partial charge on any atom is 0.271 e. The van der Waals surface area contributed by atoms with Crippen LogP contribution in [-0.4, -0.2) is 32.1 Å². The summed E-state index contributed by atoms with van der Waals surface area (Å²) >= 11 is 0. The lowest BCUT2D eigenvalue weighted by Crippen LogP contribution is -2.36. The summed E-state index contributed by atoms with van der Waals surface area (Å²) in [7, 11) is 0. The van der Waals surface area contributed by atoms with Crippen molar-refractivity contribution in [1.82, 2.24) is 24.9 Å². The molecule has 1 N–H and O–H groups in total. The molecule has 0 fully saturated rings. The van der Waals surface area contributed by atoms with E-state index in [1.165, 1.54) is 0 Å². The second kappa shape index (κ2) is 7.03. The van der Waals surface area contributed by atoms with Crippen LogP contribution < -0.4 is 5.32 Å². The average Bonchev–Trinajstić information content (AvgIpc) is 3.38. The van der Waals surface area contributed by atoms with Crippen molar-refractivity contribution in [3.63, 3.8) is 0 Å². The fourth-order valence-corrected chi connectivity index (χ4v) is 3.46. The van der Waals surface area contributed by atoms with Crippen molar-refractivity contribution < 1.29 is 13.7 Å². The van der Waals surface area contributed by atoms with Crippen molar-refractivity contribution in [2.45, 2.75) is 46.4 Å². The Balaban J connectivity index is 1.46. The Bertz CT molecular complexity index is 921. The van der Waals surface area contributed by atoms with E-state index in [1.54, 1.807) is 12.3 Å². The molecule has 0 spiro atoms. The molecule has 1 atom stereocenters. The molecule has 4 heterocycles. The lowest BCUT2D eigenvalue weighted by Gasteiger charge is -2.33. The number of amides is 1. The van der Waals surface area contributed by atoms with Crippen LogP contribution in [0.4, 0.5) is 0 Å². The third kappa shape index (κ3) is 3.40. The molecule has 0 aromatic carbocycles. The van der Waals surface area contributed by atoms with Crippen molar-refractivity contribution >= 4 is 5.91 Å². The summed E-state index contributed by atoms with van der Waals surface area (Å²) in [5, 5.41) is 6.88. The van der Waals surface area contributed by atoms with Gasteiger partial charge in [-0.3, -0.25) is 9.69 Å². The van der Waals surface area contributed by atoms with Crippen LogP contribution in [-0.2, 0) is 19.6 Å². The number of furan rings is 1. The number of carbonyl (C=O) groups excluding carboxylic acids is 1. The predicted molar refractivity (Wildman–Crippen MR) is 96.9 cm³/mol. The van der Waals surface area contributed by atoms with E-state index in [0.29, 0.717) is 18.0 Å². The summed E-state index contributed by atoms with van der Waals surface area (Å²) in [5.74, 6) is 2.27. The van der Waals surface area contributed by atoms with Gasteiger partial charge in [-0.1, -0.05) is 5.16 Å². The van der Waals surface area contributed by atoms with Crippen LogP contribution in [0.15, 0.2) is 33.5 Å². The predicted octanol–water partition coefficient (Wildman–Crippen LogP) is 2.59. The van der Waals surface area contributed by atoms with Gasteiger partial charge in [0, 0.05) is 31.4 Å². The summed E-state index contributed by atoms with van der Waals surface area (Å²) in [4.78, 5) is 19.4. The SMILES string of the molecule is Cc1noc(C)c1CN1CCn2cc(C(=O)NCc3ccco3)nc2C1C. The molecule has 3 aromatic rings. The van der Waals surface area contributed by atoms with Crippen LogP contribution >= 0.6 is 0 Å². The number of aryl methyl sites for hydroxylation is 2. The maximum atomic E-state index is 12.4. The molecule has 0 saturated carbocycles. The number of rotatable bonds is 5. The zero-order valence-electron chi connectivity index (χ0n) is 15.7. The quantitative estimate of drug-likeness (QED) is 0.744. The van der Waals surface area contributed by atoms with Crippen molar-refractivity contribution in [2.75, 3.05) is 6.54 Å². The van der Waals surface area contributed by atoms with Crippen molar-refractivity contribution in [2.24, 2.45) is 0 Å². The van der Waals surface area contributed by atoms with Crippen LogP contribution in [0.3, 0.4) is 0 Å². The van der Waals surface area contributed by atoms with Crippen molar-refractivity contribution in [3.05, 3.63) is 58.9 Å². The van der Waals surface area contributed by atoms with E-state index < -0.39 is 0 Å². The van der Waals surface area contributed by atoms with Crippen LogP contribution in [0.1, 0.15) is 52.1 Å². The molecule has 1 aliphatic rings. The highest BCUT2D eigenvalue weighted by molar-refractivity contribution is 5.92. The largest absolute Gasteiger partial charge is 0.467 e. The molecule has 1 aliphatic heterocycles. The molecule has 1 amide bonds. The van der Waals surface area contributed by atoms with Gasteiger partial charge in [0.2, 0.25) is 0 Å². The molecule has 142 valence electrons. The van der Waals surface area contributed by atoms with Gasteiger partial charge in [-0.05, 0) is 32.9 Å². The summed E-state index contributed by atoms with van der Waals surface area (Å²) in [6, 6.07) is 3.72. The van der Waals surface area contributed by atoms with Gasteiger partial charge < -0.3 is 18.8 Å². The zero-order chi connectivity index (χ0) is 19.0. The minimum absolute atomic E-state index is 0.0964. The molecular formula is C19H23N5O3. The minimum Gasteiger partial charge on any atom is -0.467 e. The van der Waals surface area contributed by atoms with E-state index in [2.05, 4.69) is 31.8 Å². The number of carbonyl (C=O) groups is 1. The first-order valence-corrected chi connectivity index (χ1v) is 9.06. The summed E-state index contributed by atoms with van der Waals surface area (Å²) < 4.78 is 12.6. The Morgan fingerprint density at radius 3 is 2.93 bits per heavy atom. The van der Waals surface area contributed by atoms with E-state index >= 15 is 0 Å². The molecular weight excluding hydrogens is 346 g/mol. The summed E-state index contributed by atoms with van der Waals surface area (Å²) in [6.07, 6.45) is 3.42. The third-order valence-corrected chi connectivity index (χ3v) is 5.14. The average molecular weight is 369 g/mol. The van der Waals surface area contributed by atoms with E-state index in [0.717, 1.165) is 42.5 Å². The first-order chi connectivity index (χ1) is 13.0. The number of hydrogen-bond donors (Lipinski definition) is 1. The number of nitrogens with one attached hydrogen (secondary N) is 1. The number of nitrogens with zero attached hydrogens (tertiary/aromatic N) is 4. The fraction of sp³-hybridized carbons (Fsp3) is 0.421. The highest BCUT2D eigenvalue weighted by Crippen LogP contribution is 2.27. The van der Waals surface area contributed by atoms with Gasteiger partial charge in [0.1, 0.15) is 23.0 Å². The third-order valence-electron chi connectivity index (χ3n) is 5.14. The molecule has 0 aliphatic carbocycles. The molecule has 0 radical (unpaired) electrons. The second-order valence-electron chi connectivity index (χ2n) is 6.89. The van der Waals surface area contributed by atoms with Crippen LogP contribution in [0.2, 0.25) is 0 Å². The van der Waals surface area contributed by atoms with E-state index in [9.17, 15) is 4.79 Å². The highest BCUT2D eigenvalue weighted by Gasteiger charge is 2.28. The molecule has 8 nitrogen and oxygen atoms in total. The van der Waals surface area contributed by atoms with E-state index in [4.69, 9.17) is 8.94 Å². The van der Waals surface area contributed by atoms with Gasteiger partial charge in [0.25, 0.3) is 5.91 Å². The number of hydrogen-bond acceptors (Lipinski definition) is 6. The second-order valence-corrected chi connectivity index (χ2v) is 6.89. The van der Waals surface area contributed by atoms with Gasteiger partial charge in [-0.2, -0.15) is 0 Å². The monoisotopic (exact) mass is 369 g/mol. The summed E-state index contributed by atoms with van der Waals surface area (Å²) in [6.45, 7) is 8.79. The van der Waals surface area contributed by atoms with Crippen molar-refractivity contribution in [1.29, 1.82) is 0 Å². The van der Waals surface area contributed by atoms with Crippen LogP contribution in [0, 0.1) is 13.8 Å². The molecule has 8 heteroatoms.